The van der Waals surface area contributed by atoms with Crippen LogP contribution in [0.3, 0.4) is 0 Å². The largest absolute Gasteiger partial charge is 0.393 e. The molecule has 0 bridgehead atoms. The number of likely N-dealkylation sites (tertiary alicyclic amines) is 1. The van der Waals surface area contributed by atoms with Gasteiger partial charge in [-0.05, 0) is 39.0 Å². The van der Waals surface area contributed by atoms with E-state index in [9.17, 15) is 14.7 Å². The number of imide groups is 1. The Labute approximate surface area is 114 Å². The minimum atomic E-state index is -0.359. The first-order chi connectivity index (χ1) is 9.02. The maximum absolute atomic E-state index is 12.2. The second-order valence-electron chi connectivity index (χ2n) is 5.79. The number of carbonyl (C=O) groups excluding carboxylic acids is 2. The molecule has 0 aromatic rings. The molecule has 5 nitrogen and oxygen atoms in total. The van der Waals surface area contributed by atoms with Crippen molar-refractivity contribution in [1.82, 2.24) is 10.2 Å². The fraction of sp³-hybridized carbons (Fsp3) is 0.857. The summed E-state index contributed by atoms with van der Waals surface area (Å²) in [6, 6.07) is -0.122. The number of amides is 2. The summed E-state index contributed by atoms with van der Waals surface area (Å²) < 4.78 is 0. The van der Waals surface area contributed by atoms with E-state index >= 15 is 0 Å². The third-order valence-electron chi connectivity index (χ3n) is 4.35. The quantitative estimate of drug-likeness (QED) is 0.740. The average Bonchev–Trinajstić information content (AvgIpc) is 2.66. The normalized spacial score (nSPS) is 33.8. The van der Waals surface area contributed by atoms with E-state index in [2.05, 4.69) is 5.32 Å². The molecular weight excluding hydrogens is 244 g/mol. The Bertz CT molecular complexity index is 351. The van der Waals surface area contributed by atoms with Crippen LogP contribution in [0.25, 0.3) is 0 Å². The maximum atomic E-state index is 12.2. The molecule has 0 aromatic heterocycles. The highest BCUT2D eigenvalue weighted by molar-refractivity contribution is 6.05. The number of nitrogens with zero attached hydrogens (tertiary/aromatic N) is 1. The van der Waals surface area contributed by atoms with Crippen LogP contribution in [0, 0.1) is 0 Å². The number of hydrogen-bond donors (Lipinski definition) is 2. The van der Waals surface area contributed by atoms with Crippen LogP contribution in [0.1, 0.15) is 52.4 Å². The average molecular weight is 268 g/mol. The molecule has 108 valence electrons. The van der Waals surface area contributed by atoms with E-state index < -0.39 is 0 Å². The Morgan fingerprint density at radius 2 is 1.95 bits per heavy atom. The van der Waals surface area contributed by atoms with E-state index in [1.165, 1.54) is 4.90 Å². The summed E-state index contributed by atoms with van der Waals surface area (Å²) in [4.78, 5) is 25.6. The van der Waals surface area contributed by atoms with Gasteiger partial charge in [0.25, 0.3) is 0 Å². The van der Waals surface area contributed by atoms with Crippen molar-refractivity contribution in [2.24, 2.45) is 0 Å². The van der Waals surface area contributed by atoms with Crippen LogP contribution in [0.4, 0.5) is 0 Å². The van der Waals surface area contributed by atoms with Crippen LogP contribution in [0.5, 0.6) is 0 Å². The van der Waals surface area contributed by atoms with E-state index in [0.29, 0.717) is 0 Å². The molecule has 2 atom stereocenters. The number of aliphatic hydroxyl groups excluding tert-OH is 1. The number of aliphatic hydroxyl groups is 1. The lowest BCUT2D eigenvalue weighted by Gasteiger charge is -2.28. The van der Waals surface area contributed by atoms with Crippen molar-refractivity contribution in [2.45, 2.75) is 76.6 Å². The molecule has 2 N–H and O–H groups in total. The summed E-state index contributed by atoms with van der Waals surface area (Å²) in [5, 5.41) is 12.8. The molecule has 0 aromatic carbocycles. The minimum absolute atomic E-state index is 0.0139. The first-order valence-electron chi connectivity index (χ1n) is 7.33. The topological polar surface area (TPSA) is 69.6 Å². The Morgan fingerprint density at radius 1 is 1.32 bits per heavy atom. The van der Waals surface area contributed by atoms with E-state index in [1.54, 1.807) is 0 Å². The van der Waals surface area contributed by atoms with E-state index in [4.69, 9.17) is 0 Å². The summed E-state index contributed by atoms with van der Waals surface area (Å²) in [5.74, 6) is -0.141. The fourth-order valence-corrected chi connectivity index (χ4v) is 2.95. The summed E-state index contributed by atoms with van der Waals surface area (Å²) in [5.41, 5.74) is 0. The van der Waals surface area contributed by atoms with Gasteiger partial charge in [0.15, 0.2) is 0 Å². The van der Waals surface area contributed by atoms with Gasteiger partial charge < -0.3 is 10.4 Å². The molecule has 1 aliphatic heterocycles. The van der Waals surface area contributed by atoms with Crippen molar-refractivity contribution in [3.05, 3.63) is 0 Å². The third-order valence-corrected chi connectivity index (χ3v) is 4.35. The Balaban J connectivity index is 1.92. The van der Waals surface area contributed by atoms with Crippen molar-refractivity contribution in [3.8, 4) is 0 Å². The zero-order chi connectivity index (χ0) is 14.0. The second-order valence-corrected chi connectivity index (χ2v) is 5.79. The monoisotopic (exact) mass is 268 g/mol. The van der Waals surface area contributed by atoms with Crippen LogP contribution in [0.15, 0.2) is 0 Å². The molecule has 2 aliphatic rings. The predicted molar refractivity (Wildman–Crippen MR) is 71.4 cm³/mol. The van der Waals surface area contributed by atoms with Crippen molar-refractivity contribution < 1.29 is 14.7 Å². The van der Waals surface area contributed by atoms with Gasteiger partial charge in [-0.2, -0.15) is 0 Å². The Morgan fingerprint density at radius 3 is 2.53 bits per heavy atom. The van der Waals surface area contributed by atoms with Crippen molar-refractivity contribution >= 4 is 11.8 Å². The standard InChI is InChI=1S/C14H24N2O3/c1-3-9(2)16-13(18)8-12(14(16)19)15-10-4-6-11(17)7-5-10/h9-12,15,17H,3-8H2,1-2H3. The van der Waals surface area contributed by atoms with Gasteiger partial charge in [0.1, 0.15) is 0 Å². The Kier molecular flexibility index (Phi) is 4.58. The highest BCUT2D eigenvalue weighted by Crippen LogP contribution is 2.22. The van der Waals surface area contributed by atoms with Gasteiger partial charge in [0.05, 0.1) is 18.6 Å². The molecule has 0 spiro atoms. The van der Waals surface area contributed by atoms with Gasteiger partial charge in [0, 0.05) is 12.1 Å². The highest BCUT2D eigenvalue weighted by atomic mass is 16.3. The molecule has 1 aliphatic carbocycles. The van der Waals surface area contributed by atoms with Gasteiger partial charge in [-0.25, -0.2) is 0 Å². The molecular formula is C14H24N2O3. The predicted octanol–water partition coefficient (Wildman–Crippen LogP) is 0.805. The molecule has 2 amide bonds. The fourth-order valence-electron chi connectivity index (χ4n) is 2.95. The van der Waals surface area contributed by atoms with Crippen LogP contribution in [-0.4, -0.2) is 46.1 Å². The summed E-state index contributed by atoms with van der Waals surface area (Å²) >= 11 is 0. The SMILES string of the molecule is CCC(C)N1C(=O)CC(NC2CCC(O)CC2)C1=O. The molecule has 0 radical (unpaired) electrons. The number of nitrogens with one attached hydrogen (secondary N) is 1. The van der Waals surface area contributed by atoms with E-state index in [0.717, 1.165) is 32.1 Å². The van der Waals surface area contributed by atoms with Gasteiger partial charge >= 0.3 is 0 Å². The third kappa shape index (κ3) is 3.15. The highest BCUT2D eigenvalue weighted by Gasteiger charge is 2.41. The lowest BCUT2D eigenvalue weighted by atomic mass is 9.92. The maximum Gasteiger partial charge on any atom is 0.247 e. The molecule has 2 rings (SSSR count). The van der Waals surface area contributed by atoms with Gasteiger partial charge in [-0.15, -0.1) is 0 Å². The second kappa shape index (κ2) is 6.01. The summed E-state index contributed by atoms with van der Waals surface area (Å²) in [7, 11) is 0. The minimum Gasteiger partial charge on any atom is -0.393 e. The summed E-state index contributed by atoms with van der Waals surface area (Å²) in [6.07, 6.45) is 4.19. The van der Waals surface area contributed by atoms with Crippen molar-refractivity contribution in [2.75, 3.05) is 0 Å². The lowest BCUT2D eigenvalue weighted by Crippen LogP contribution is -2.47. The molecule has 1 saturated carbocycles. The molecule has 2 fully saturated rings. The number of rotatable bonds is 4. The lowest BCUT2D eigenvalue weighted by molar-refractivity contribution is -0.141. The van der Waals surface area contributed by atoms with E-state index in [-0.39, 0.29) is 42.5 Å². The van der Waals surface area contributed by atoms with Crippen molar-refractivity contribution in [3.63, 3.8) is 0 Å². The summed E-state index contributed by atoms with van der Waals surface area (Å²) in [6.45, 7) is 3.89. The molecule has 1 saturated heterocycles. The van der Waals surface area contributed by atoms with Gasteiger partial charge in [-0.1, -0.05) is 6.92 Å². The van der Waals surface area contributed by atoms with Gasteiger partial charge in [-0.3, -0.25) is 14.5 Å². The number of hydrogen-bond acceptors (Lipinski definition) is 4. The first kappa shape index (κ1) is 14.5. The molecule has 1 heterocycles. The number of carbonyl (C=O) groups is 2. The zero-order valence-corrected chi connectivity index (χ0v) is 11.8. The zero-order valence-electron chi connectivity index (χ0n) is 11.8. The van der Waals surface area contributed by atoms with Crippen LogP contribution < -0.4 is 5.32 Å². The molecule has 2 unspecified atom stereocenters. The van der Waals surface area contributed by atoms with Crippen molar-refractivity contribution in [1.29, 1.82) is 0 Å². The smallest absolute Gasteiger partial charge is 0.247 e. The van der Waals surface area contributed by atoms with Gasteiger partial charge in [0.2, 0.25) is 11.8 Å². The van der Waals surface area contributed by atoms with Crippen LogP contribution in [0.2, 0.25) is 0 Å². The van der Waals surface area contributed by atoms with Crippen LogP contribution in [-0.2, 0) is 9.59 Å². The van der Waals surface area contributed by atoms with E-state index in [1.807, 2.05) is 13.8 Å². The Hall–Kier alpha value is -0.940. The molecule has 19 heavy (non-hydrogen) atoms. The first-order valence-corrected chi connectivity index (χ1v) is 7.33. The molecule has 5 heteroatoms. The van der Waals surface area contributed by atoms with Crippen LogP contribution >= 0.6 is 0 Å².